The Morgan fingerprint density at radius 2 is 1.57 bits per heavy atom. The summed E-state index contributed by atoms with van der Waals surface area (Å²) < 4.78 is 65.1. The van der Waals surface area contributed by atoms with Crippen LogP contribution in [-0.2, 0) is 16.2 Å². The van der Waals surface area contributed by atoms with Crippen molar-refractivity contribution in [3.8, 4) is 0 Å². The van der Waals surface area contributed by atoms with Crippen LogP contribution in [0.5, 0.6) is 0 Å². The van der Waals surface area contributed by atoms with E-state index < -0.39 is 38.2 Å². The van der Waals surface area contributed by atoms with Gasteiger partial charge in [0.15, 0.2) is 0 Å². The van der Waals surface area contributed by atoms with Gasteiger partial charge in [0.2, 0.25) is 0 Å². The fraction of sp³-hybridized carbons (Fsp3) is 0.0714. The maximum absolute atomic E-state index is 12.9. The number of sulfonamides is 1. The molecule has 0 saturated heterocycles. The molecule has 0 unspecified atom stereocenters. The highest BCUT2D eigenvalue weighted by molar-refractivity contribution is 7.92. The van der Waals surface area contributed by atoms with E-state index in [1.165, 1.54) is 12.1 Å². The third kappa shape index (κ3) is 3.62. The second-order valence-electron chi connectivity index (χ2n) is 4.43. The normalized spacial score (nSPS) is 12.0. The van der Waals surface area contributed by atoms with Gasteiger partial charge in [-0.05, 0) is 18.2 Å². The molecule has 0 bridgehead atoms. The van der Waals surface area contributed by atoms with Crippen molar-refractivity contribution in [2.75, 3.05) is 4.72 Å². The number of hydrogen-bond acceptors (Lipinski definition) is 4. The van der Waals surface area contributed by atoms with E-state index >= 15 is 0 Å². The summed E-state index contributed by atoms with van der Waals surface area (Å²) in [5, 5.41) is 10.9. The van der Waals surface area contributed by atoms with Gasteiger partial charge < -0.3 is 9.90 Å². The lowest BCUT2D eigenvalue weighted by molar-refractivity contribution is -0.254. The maximum atomic E-state index is 12.9. The number of benzene rings is 2. The number of carboxylic acid groups (broad SMARTS) is 1. The topological polar surface area (TPSA) is 86.3 Å². The summed E-state index contributed by atoms with van der Waals surface area (Å²) in [6, 6.07) is 8.44. The lowest BCUT2D eigenvalue weighted by atomic mass is 10.2. The number of carboxylic acids is 1. The lowest BCUT2D eigenvalue weighted by Gasteiger charge is -2.16. The Balaban J connectivity index is 2.52. The molecule has 0 aliphatic rings. The number of carbonyl (C=O) groups excluding carboxylic acids is 1. The van der Waals surface area contributed by atoms with Crippen LogP contribution >= 0.6 is 0 Å². The Morgan fingerprint density at radius 1 is 1.00 bits per heavy atom. The Morgan fingerprint density at radius 3 is 2.17 bits per heavy atom. The summed E-state index contributed by atoms with van der Waals surface area (Å²) in [4.78, 5) is 9.94. The van der Waals surface area contributed by atoms with Gasteiger partial charge >= 0.3 is 6.18 Å². The average molecular weight is 344 g/mol. The number of carbonyl (C=O) groups is 1. The molecule has 2 aromatic rings. The zero-order valence-corrected chi connectivity index (χ0v) is 12.1. The summed E-state index contributed by atoms with van der Waals surface area (Å²) in [5.74, 6) is -1.66. The first-order chi connectivity index (χ1) is 10.6. The molecule has 23 heavy (non-hydrogen) atoms. The minimum Gasteiger partial charge on any atom is -0.545 e. The SMILES string of the molecule is O=C([O-])c1ccccc1NS(=O)(=O)c1ccccc1C(F)(F)F. The molecular weight excluding hydrogens is 335 g/mol. The minimum absolute atomic E-state index is 0.385. The molecule has 5 nitrogen and oxygen atoms in total. The second-order valence-corrected chi connectivity index (χ2v) is 6.08. The molecule has 122 valence electrons. The third-order valence-corrected chi connectivity index (χ3v) is 4.30. The third-order valence-electron chi connectivity index (χ3n) is 2.87. The highest BCUT2D eigenvalue weighted by atomic mass is 32.2. The highest BCUT2D eigenvalue weighted by Gasteiger charge is 2.37. The van der Waals surface area contributed by atoms with E-state index in [2.05, 4.69) is 0 Å². The predicted octanol–water partition coefficient (Wildman–Crippen LogP) is 1.87. The smallest absolute Gasteiger partial charge is 0.417 e. The standard InChI is InChI=1S/C14H10F3NO4S/c15-14(16,17)10-6-2-4-8-12(10)23(21,22)18-11-7-3-1-5-9(11)13(19)20/h1-8,18H,(H,19,20)/p-1. The lowest BCUT2D eigenvalue weighted by Crippen LogP contribution is -2.25. The molecule has 0 radical (unpaired) electrons. The van der Waals surface area contributed by atoms with E-state index in [1.54, 1.807) is 0 Å². The summed E-state index contributed by atoms with van der Waals surface area (Å²) >= 11 is 0. The van der Waals surface area contributed by atoms with Crippen LogP contribution in [0, 0.1) is 0 Å². The molecule has 9 heteroatoms. The van der Waals surface area contributed by atoms with Crippen molar-refractivity contribution in [2.24, 2.45) is 0 Å². The van der Waals surface area contributed by atoms with Crippen LogP contribution in [0.15, 0.2) is 53.4 Å². The fourth-order valence-electron chi connectivity index (χ4n) is 1.89. The number of nitrogens with one attached hydrogen (secondary N) is 1. The van der Waals surface area contributed by atoms with Crippen LogP contribution in [0.25, 0.3) is 0 Å². The van der Waals surface area contributed by atoms with E-state index in [0.29, 0.717) is 6.07 Å². The van der Waals surface area contributed by atoms with E-state index in [4.69, 9.17) is 0 Å². The molecule has 0 aliphatic heterocycles. The van der Waals surface area contributed by atoms with Crippen molar-refractivity contribution < 1.29 is 31.5 Å². The van der Waals surface area contributed by atoms with Crippen LogP contribution in [0.4, 0.5) is 18.9 Å². The number of rotatable bonds is 4. The monoisotopic (exact) mass is 344 g/mol. The molecule has 0 amide bonds. The van der Waals surface area contributed by atoms with Gasteiger partial charge in [0.1, 0.15) is 0 Å². The Hall–Kier alpha value is -2.55. The first-order valence-electron chi connectivity index (χ1n) is 6.12. The van der Waals surface area contributed by atoms with Crippen molar-refractivity contribution in [3.63, 3.8) is 0 Å². The van der Waals surface area contributed by atoms with Crippen LogP contribution in [0.2, 0.25) is 0 Å². The number of anilines is 1. The summed E-state index contributed by atoms with van der Waals surface area (Å²) in [7, 11) is -4.64. The average Bonchev–Trinajstić information content (AvgIpc) is 2.46. The van der Waals surface area contributed by atoms with E-state index in [9.17, 15) is 31.5 Å². The van der Waals surface area contributed by atoms with E-state index in [0.717, 1.165) is 30.3 Å². The predicted molar refractivity (Wildman–Crippen MR) is 73.0 cm³/mol. The Labute approximate surface area is 129 Å². The molecule has 0 saturated carbocycles. The van der Waals surface area contributed by atoms with E-state index in [-0.39, 0.29) is 5.69 Å². The quantitative estimate of drug-likeness (QED) is 0.917. The molecule has 0 fully saturated rings. The van der Waals surface area contributed by atoms with Crippen LogP contribution < -0.4 is 9.83 Å². The fourth-order valence-corrected chi connectivity index (χ4v) is 3.19. The van der Waals surface area contributed by atoms with Crippen LogP contribution in [0.3, 0.4) is 0 Å². The Bertz CT molecular complexity index is 847. The Kier molecular flexibility index (Phi) is 4.33. The maximum Gasteiger partial charge on any atom is 0.417 e. The van der Waals surface area contributed by atoms with Gasteiger partial charge in [-0.15, -0.1) is 0 Å². The molecule has 2 aromatic carbocycles. The highest BCUT2D eigenvalue weighted by Crippen LogP contribution is 2.34. The summed E-state index contributed by atoms with van der Waals surface area (Å²) in [5.41, 5.74) is -2.22. The summed E-state index contributed by atoms with van der Waals surface area (Å²) in [6.07, 6.45) is -4.88. The largest absolute Gasteiger partial charge is 0.545 e. The zero-order valence-electron chi connectivity index (χ0n) is 11.3. The second kappa shape index (κ2) is 5.92. The van der Waals surface area contributed by atoms with Crippen LogP contribution in [-0.4, -0.2) is 14.4 Å². The molecule has 0 aromatic heterocycles. The first-order valence-corrected chi connectivity index (χ1v) is 7.60. The number of para-hydroxylation sites is 1. The summed E-state index contributed by atoms with van der Waals surface area (Å²) in [6.45, 7) is 0. The number of hydrogen-bond donors (Lipinski definition) is 1. The van der Waals surface area contributed by atoms with Crippen molar-refractivity contribution in [3.05, 3.63) is 59.7 Å². The van der Waals surface area contributed by atoms with Gasteiger partial charge in [-0.25, -0.2) is 8.42 Å². The molecule has 1 N–H and O–H groups in total. The van der Waals surface area contributed by atoms with Crippen molar-refractivity contribution >= 4 is 21.7 Å². The van der Waals surface area contributed by atoms with Crippen molar-refractivity contribution in [1.29, 1.82) is 0 Å². The van der Waals surface area contributed by atoms with E-state index in [1.807, 2.05) is 4.72 Å². The van der Waals surface area contributed by atoms with Gasteiger partial charge in [-0.2, -0.15) is 13.2 Å². The van der Waals surface area contributed by atoms with Gasteiger partial charge in [0.25, 0.3) is 10.0 Å². The molecular formula is C14H9F3NO4S-. The number of alkyl halides is 3. The first kappa shape index (κ1) is 16.8. The molecule has 2 rings (SSSR count). The zero-order chi connectivity index (χ0) is 17.3. The molecule has 0 heterocycles. The van der Waals surface area contributed by atoms with Gasteiger partial charge in [0.05, 0.1) is 22.1 Å². The van der Waals surface area contributed by atoms with Gasteiger partial charge in [-0.3, -0.25) is 4.72 Å². The number of aromatic carboxylic acids is 1. The number of halogens is 3. The molecule has 0 spiro atoms. The molecule has 0 atom stereocenters. The molecule has 0 aliphatic carbocycles. The van der Waals surface area contributed by atoms with Crippen molar-refractivity contribution in [1.82, 2.24) is 0 Å². The van der Waals surface area contributed by atoms with Gasteiger partial charge in [0, 0.05) is 5.56 Å². The minimum atomic E-state index is -4.88. The van der Waals surface area contributed by atoms with Crippen molar-refractivity contribution in [2.45, 2.75) is 11.1 Å². The van der Waals surface area contributed by atoms with Crippen LogP contribution in [0.1, 0.15) is 15.9 Å². The van der Waals surface area contributed by atoms with Gasteiger partial charge in [-0.1, -0.05) is 30.3 Å².